The maximum atomic E-state index is 10.8. The normalized spacial score (nSPS) is 14.4. The third-order valence-electron chi connectivity index (χ3n) is 3.34. The number of hydrogen-bond acceptors (Lipinski definition) is 3. The molecule has 2 atom stereocenters. The number of rotatable bonds is 5. The van der Waals surface area contributed by atoms with Crippen molar-refractivity contribution in [1.82, 2.24) is 0 Å². The average molecular weight is 236 g/mol. The van der Waals surface area contributed by atoms with E-state index in [-0.39, 0.29) is 16.7 Å². The van der Waals surface area contributed by atoms with E-state index < -0.39 is 0 Å². The second-order valence-electron chi connectivity index (χ2n) is 4.41. The van der Waals surface area contributed by atoms with Gasteiger partial charge in [-0.3, -0.25) is 10.1 Å². The summed E-state index contributed by atoms with van der Waals surface area (Å²) in [5.74, 6) is 0.322. The summed E-state index contributed by atoms with van der Waals surface area (Å²) in [5, 5.41) is 10.8. The summed E-state index contributed by atoms with van der Waals surface area (Å²) in [6, 6.07) is 4.85. The molecule has 4 heteroatoms. The fourth-order valence-electron chi connectivity index (χ4n) is 1.89. The van der Waals surface area contributed by atoms with Gasteiger partial charge in [0.1, 0.15) is 0 Å². The second kappa shape index (κ2) is 5.77. The van der Waals surface area contributed by atoms with Gasteiger partial charge in [-0.25, -0.2) is 0 Å². The number of nitro benzene ring substituents is 1. The topological polar surface area (TPSA) is 69.2 Å². The molecule has 0 aliphatic heterocycles. The molecule has 2 N–H and O–H groups in total. The van der Waals surface area contributed by atoms with Crippen LogP contribution >= 0.6 is 0 Å². The van der Waals surface area contributed by atoms with Crippen LogP contribution in [0.5, 0.6) is 0 Å². The highest BCUT2D eigenvalue weighted by Crippen LogP contribution is 2.28. The number of aryl methyl sites for hydroxylation is 1. The van der Waals surface area contributed by atoms with Crippen LogP contribution in [-0.4, -0.2) is 4.92 Å². The molecule has 0 amide bonds. The fourth-order valence-corrected chi connectivity index (χ4v) is 1.89. The van der Waals surface area contributed by atoms with E-state index in [1.807, 2.05) is 13.0 Å². The zero-order valence-electron chi connectivity index (χ0n) is 10.6. The van der Waals surface area contributed by atoms with Gasteiger partial charge in [0.2, 0.25) is 0 Å². The smallest absolute Gasteiger partial charge is 0.269 e. The molecular formula is C13H20N2O2. The van der Waals surface area contributed by atoms with Crippen molar-refractivity contribution in [2.45, 2.75) is 39.7 Å². The Labute approximate surface area is 102 Å². The van der Waals surface area contributed by atoms with Crippen molar-refractivity contribution in [3.63, 3.8) is 0 Å². The number of non-ortho nitro benzene ring substituents is 1. The van der Waals surface area contributed by atoms with E-state index >= 15 is 0 Å². The molecule has 1 rings (SSSR count). The van der Waals surface area contributed by atoms with E-state index in [4.69, 9.17) is 5.73 Å². The molecule has 0 aliphatic rings. The van der Waals surface area contributed by atoms with E-state index in [0.29, 0.717) is 5.92 Å². The molecular weight excluding hydrogens is 216 g/mol. The van der Waals surface area contributed by atoms with E-state index in [1.54, 1.807) is 12.1 Å². The van der Waals surface area contributed by atoms with E-state index in [2.05, 4.69) is 13.8 Å². The first-order chi connectivity index (χ1) is 8.01. The van der Waals surface area contributed by atoms with Gasteiger partial charge in [0.25, 0.3) is 5.69 Å². The van der Waals surface area contributed by atoms with Crippen molar-refractivity contribution >= 4 is 5.69 Å². The molecule has 0 fully saturated rings. The minimum atomic E-state index is -0.369. The van der Waals surface area contributed by atoms with Gasteiger partial charge < -0.3 is 5.73 Å². The van der Waals surface area contributed by atoms with Crippen molar-refractivity contribution < 1.29 is 4.92 Å². The van der Waals surface area contributed by atoms with Crippen LogP contribution in [-0.2, 0) is 6.42 Å². The van der Waals surface area contributed by atoms with Gasteiger partial charge in [-0.15, -0.1) is 0 Å². The van der Waals surface area contributed by atoms with Crippen LogP contribution in [0, 0.1) is 16.0 Å². The lowest BCUT2D eigenvalue weighted by molar-refractivity contribution is -0.385. The van der Waals surface area contributed by atoms with Crippen LogP contribution in [0.2, 0.25) is 0 Å². The third-order valence-corrected chi connectivity index (χ3v) is 3.34. The Balaban J connectivity index is 3.18. The summed E-state index contributed by atoms with van der Waals surface area (Å²) < 4.78 is 0. The monoisotopic (exact) mass is 236 g/mol. The zero-order valence-corrected chi connectivity index (χ0v) is 10.6. The number of nitrogens with two attached hydrogens (primary N) is 1. The van der Waals surface area contributed by atoms with Crippen LogP contribution in [0.3, 0.4) is 0 Å². The molecule has 17 heavy (non-hydrogen) atoms. The van der Waals surface area contributed by atoms with Crippen LogP contribution in [0.25, 0.3) is 0 Å². The molecule has 1 aromatic carbocycles. The molecule has 0 radical (unpaired) electrons. The summed E-state index contributed by atoms with van der Waals surface area (Å²) in [7, 11) is 0. The number of hydrogen-bond donors (Lipinski definition) is 1. The van der Waals surface area contributed by atoms with Gasteiger partial charge in [0.15, 0.2) is 0 Å². The maximum absolute atomic E-state index is 10.8. The molecule has 94 valence electrons. The average Bonchev–Trinajstić information content (AvgIpc) is 2.35. The summed E-state index contributed by atoms with van der Waals surface area (Å²) >= 11 is 0. The standard InChI is InChI=1S/C13H20N2O2/c1-4-9(3)13(14)12-8-11(15(16)17)7-6-10(12)5-2/h6-9,13H,4-5,14H2,1-3H3. The molecule has 0 spiro atoms. The molecule has 0 aliphatic carbocycles. The molecule has 0 saturated heterocycles. The van der Waals surface area contributed by atoms with E-state index in [0.717, 1.165) is 24.0 Å². The largest absolute Gasteiger partial charge is 0.324 e. The van der Waals surface area contributed by atoms with E-state index in [1.165, 1.54) is 0 Å². The molecule has 0 saturated carbocycles. The number of nitro groups is 1. The lowest BCUT2D eigenvalue weighted by Gasteiger charge is -2.21. The van der Waals surface area contributed by atoms with Crippen molar-refractivity contribution in [2.24, 2.45) is 11.7 Å². The first-order valence-electron chi connectivity index (χ1n) is 6.04. The van der Waals surface area contributed by atoms with Crippen LogP contribution in [0.4, 0.5) is 5.69 Å². The predicted molar refractivity (Wildman–Crippen MR) is 68.9 cm³/mol. The Morgan fingerprint density at radius 2 is 2.06 bits per heavy atom. The van der Waals surface area contributed by atoms with Gasteiger partial charge >= 0.3 is 0 Å². The van der Waals surface area contributed by atoms with Crippen molar-refractivity contribution in [1.29, 1.82) is 0 Å². The quantitative estimate of drug-likeness (QED) is 0.630. The molecule has 1 aromatic rings. The van der Waals surface area contributed by atoms with Gasteiger partial charge in [-0.1, -0.05) is 33.3 Å². The number of nitrogens with zero attached hydrogens (tertiary/aromatic N) is 1. The second-order valence-corrected chi connectivity index (χ2v) is 4.41. The summed E-state index contributed by atoms with van der Waals surface area (Å²) in [5.41, 5.74) is 8.31. The SMILES string of the molecule is CCc1ccc([N+](=O)[O-])cc1C(N)C(C)CC. The van der Waals surface area contributed by atoms with Gasteiger partial charge in [-0.2, -0.15) is 0 Å². The summed E-state index contributed by atoms with van der Waals surface area (Å²) in [6.45, 7) is 6.18. The minimum absolute atomic E-state index is 0.121. The Bertz CT molecular complexity index is 404. The van der Waals surface area contributed by atoms with Gasteiger partial charge in [0.05, 0.1) is 4.92 Å². The molecule has 0 heterocycles. The number of benzene rings is 1. The summed E-state index contributed by atoms with van der Waals surface area (Å²) in [6.07, 6.45) is 1.81. The van der Waals surface area contributed by atoms with Crippen molar-refractivity contribution in [3.8, 4) is 0 Å². The molecule has 0 aromatic heterocycles. The van der Waals surface area contributed by atoms with E-state index in [9.17, 15) is 10.1 Å². The lowest BCUT2D eigenvalue weighted by Crippen LogP contribution is -2.20. The van der Waals surface area contributed by atoms with Crippen molar-refractivity contribution in [2.75, 3.05) is 0 Å². The highest BCUT2D eigenvalue weighted by atomic mass is 16.6. The molecule has 0 bridgehead atoms. The zero-order chi connectivity index (χ0) is 13.0. The highest BCUT2D eigenvalue weighted by Gasteiger charge is 2.19. The fraction of sp³-hybridized carbons (Fsp3) is 0.538. The van der Waals surface area contributed by atoms with Crippen LogP contribution in [0.1, 0.15) is 44.4 Å². The highest BCUT2D eigenvalue weighted by molar-refractivity contribution is 5.41. The Hall–Kier alpha value is -1.42. The summed E-state index contributed by atoms with van der Waals surface area (Å²) in [4.78, 5) is 10.4. The minimum Gasteiger partial charge on any atom is -0.324 e. The first-order valence-corrected chi connectivity index (χ1v) is 6.04. The van der Waals surface area contributed by atoms with Crippen LogP contribution < -0.4 is 5.73 Å². The van der Waals surface area contributed by atoms with Crippen LogP contribution in [0.15, 0.2) is 18.2 Å². The Kier molecular flexibility index (Phi) is 4.63. The molecule has 2 unspecified atom stereocenters. The third kappa shape index (κ3) is 3.03. The van der Waals surface area contributed by atoms with Gasteiger partial charge in [0, 0.05) is 18.2 Å². The van der Waals surface area contributed by atoms with Crippen molar-refractivity contribution in [3.05, 3.63) is 39.4 Å². The lowest BCUT2D eigenvalue weighted by atomic mass is 9.89. The maximum Gasteiger partial charge on any atom is 0.269 e. The first kappa shape index (κ1) is 13.6. The van der Waals surface area contributed by atoms with Gasteiger partial charge in [-0.05, 0) is 23.5 Å². The molecule has 4 nitrogen and oxygen atoms in total. The Morgan fingerprint density at radius 3 is 2.53 bits per heavy atom. The predicted octanol–water partition coefficient (Wildman–Crippen LogP) is 3.20. The Morgan fingerprint density at radius 1 is 1.41 bits per heavy atom.